The van der Waals surface area contributed by atoms with Crippen molar-refractivity contribution >= 4 is 15.7 Å². The molecule has 2 heterocycles. The molecule has 0 fully saturated rings. The number of fused-ring (bicyclic) bond motifs is 1. The van der Waals surface area contributed by atoms with Crippen LogP contribution in [0.4, 0.5) is 26.3 Å². The molecule has 0 aliphatic heterocycles. The van der Waals surface area contributed by atoms with Crippen molar-refractivity contribution in [1.82, 2.24) is 14.6 Å². The number of nitrogens with zero attached hydrogens (tertiary/aromatic N) is 3. The number of alkyl halides is 6. The van der Waals surface area contributed by atoms with E-state index in [1.54, 1.807) is 0 Å². The number of hydrogen-bond donors (Lipinski definition) is 1. The van der Waals surface area contributed by atoms with E-state index in [-0.39, 0.29) is 27.5 Å². The minimum absolute atomic E-state index is 0.0507. The van der Waals surface area contributed by atoms with Crippen LogP contribution in [0.15, 0.2) is 65.6 Å². The second-order valence-corrected chi connectivity index (χ2v) is 8.78. The zero-order chi connectivity index (χ0) is 25.6. The zero-order valence-corrected chi connectivity index (χ0v) is 18.0. The Morgan fingerprint density at radius 2 is 1.46 bits per heavy atom. The minimum atomic E-state index is -4.85. The molecule has 0 spiro atoms. The Morgan fingerprint density at radius 1 is 0.829 bits per heavy atom. The summed E-state index contributed by atoms with van der Waals surface area (Å²) < 4.78 is 103. The highest BCUT2D eigenvalue weighted by molar-refractivity contribution is 7.89. The predicted octanol–water partition coefficient (Wildman–Crippen LogP) is 4.48. The molecule has 0 aliphatic carbocycles. The second-order valence-electron chi connectivity index (χ2n) is 7.22. The first-order chi connectivity index (χ1) is 16.2. The van der Waals surface area contributed by atoms with E-state index in [1.165, 1.54) is 30.3 Å². The Kier molecular flexibility index (Phi) is 5.82. The lowest BCUT2D eigenvalue weighted by atomic mass is 10.1. The predicted molar refractivity (Wildman–Crippen MR) is 112 cm³/mol. The number of aromatic nitrogens is 3. The molecular formula is C22H12F6N4O2S. The molecule has 0 unspecified atom stereocenters. The molecule has 2 N–H and O–H groups in total. The number of hydrogen-bond acceptors (Lipinski definition) is 4. The zero-order valence-electron chi connectivity index (χ0n) is 17.2. The fourth-order valence-corrected chi connectivity index (χ4v) is 3.59. The van der Waals surface area contributed by atoms with Gasteiger partial charge in [0.2, 0.25) is 10.0 Å². The number of nitrogens with two attached hydrogens (primary N) is 1. The van der Waals surface area contributed by atoms with Gasteiger partial charge in [0.25, 0.3) is 0 Å². The van der Waals surface area contributed by atoms with Gasteiger partial charge in [-0.25, -0.2) is 23.1 Å². The van der Waals surface area contributed by atoms with Gasteiger partial charge < -0.3 is 0 Å². The van der Waals surface area contributed by atoms with Crippen LogP contribution < -0.4 is 5.14 Å². The maximum Gasteiger partial charge on any atom is 0.433 e. The average molecular weight is 510 g/mol. The van der Waals surface area contributed by atoms with Gasteiger partial charge in [0, 0.05) is 17.2 Å². The Bertz CT molecular complexity index is 1580. The third-order valence-electron chi connectivity index (χ3n) is 4.74. The van der Waals surface area contributed by atoms with Gasteiger partial charge in [-0.15, -0.1) is 0 Å². The highest BCUT2D eigenvalue weighted by Gasteiger charge is 2.35. The quantitative estimate of drug-likeness (QED) is 0.318. The third-order valence-corrected chi connectivity index (χ3v) is 5.67. The maximum atomic E-state index is 13.7. The third kappa shape index (κ3) is 5.28. The lowest BCUT2D eigenvalue weighted by molar-refractivity contribution is -0.142. The van der Waals surface area contributed by atoms with Gasteiger partial charge in [0.05, 0.1) is 16.2 Å². The maximum absolute atomic E-state index is 13.7. The Labute approximate surface area is 194 Å². The summed E-state index contributed by atoms with van der Waals surface area (Å²) in [5.41, 5.74) is -2.22. The lowest BCUT2D eigenvalue weighted by Crippen LogP contribution is -2.13. The van der Waals surface area contributed by atoms with Crippen LogP contribution in [0.25, 0.3) is 16.9 Å². The fraction of sp³-hybridized carbons (Fsp3) is 0.0909. The van der Waals surface area contributed by atoms with Crippen molar-refractivity contribution in [3.05, 3.63) is 83.2 Å². The van der Waals surface area contributed by atoms with Gasteiger partial charge >= 0.3 is 12.4 Å². The molecule has 2 aromatic heterocycles. The van der Waals surface area contributed by atoms with Crippen molar-refractivity contribution in [2.24, 2.45) is 5.14 Å². The monoisotopic (exact) mass is 510 g/mol. The van der Waals surface area contributed by atoms with Crippen molar-refractivity contribution in [2.75, 3.05) is 0 Å². The molecule has 0 saturated carbocycles. The van der Waals surface area contributed by atoms with Gasteiger partial charge in [-0.1, -0.05) is 18.1 Å². The van der Waals surface area contributed by atoms with Crippen LogP contribution in [0, 0.1) is 11.8 Å². The molecule has 0 atom stereocenters. The van der Waals surface area contributed by atoms with Crippen molar-refractivity contribution in [3.63, 3.8) is 0 Å². The molecule has 0 bridgehead atoms. The van der Waals surface area contributed by atoms with E-state index in [0.29, 0.717) is 16.1 Å². The molecule has 0 saturated heterocycles. The Hall–Kier alpha value is -3.89. The summed E-state index contributed by atoms with van der Waals surface area (Å²) in [5.74, 6) is 5.22. The number of primary sulfonamides is 1. The lowest BCUT2D eigenvalue weighted by Gasteiger charge is -2.11. The molecule has 6 nitrogen and oxygen atoms in total. The van der Waals surface area contributed by atoms with Gasteiger partial charge in [0.15, 0.2) is 11.3 Å². The van der Waals surface area contributed by atoms with E-state index in [4.69, 9.17) is 5.14 Å². The number of halogens is 6. The van der Waals surface area contributed by atoms with Crippen LogP contribution in [-0.4, -0.2) is 23.0 Å². The van der Waals surface area contributed by atoms with Crippen LogP contribution in [0.5, 0.6) is 0 Å². The number of sulfonamides is 1. The van der Waals surface area contributed by atoms with Crippen LogP contribution in [0.2, 0.25) is 0 Å². The Balaban J connectivity index is 1.75. The van der Waals surface area contributed by atoms with Crippen LogP contribution in [-0.2, 0) is 22.4 Å². The molecule has 4 rings (SSSR count). The summed E-state index contributed by atoms with van der Waals surface area (Å²) in [6.45, 7) is 0. The summed E-state index contributed by atoms with van der Waals surface area (Å²) in [5, 5.41) is 8.85. The van der Waals surface area contributed by atoms with E-state index in [0.717, 1.165) is 24.3 Å². The van der Waals surface area contributed by atoms with Crippen molar-refractivity contribution < 1.29 is 34.8 Å². The van der Waals surface area contributed by atoms with Crippen LogP contribution >= 0.6 is 0 Å². The van der Waals surface area contributed by atoms with Gasteiger partial charge in [0.1, 0.15) is 5.69 Å². The molecule has 35 heavy (non-hydrogen) atoms. The normalized spacial score (nSPS) is 12.4. The summed E-state index contributed by atoms with van der Waals surface area (Å²) in [4.78, 5) is 3.96. The molecule has 4 aromatic rings. The molecule has 13 heteroatoms. The first-order valence-corrected chi connectivity index (χ1v) is 11.1. The van der Waals surface area contributed by atoms with Crippen molar-refractivity contribution in [1.29, 1.82) is 0 Å². The highest BCUT2D eigenvalue weighted by Crippen LogP contribution is 2.34. The van der Waals surface area contributed by atoms with E-state index in [2.05, 4.69) is 21.9 Å². The number of rotatable bonds is 2. The highest BCUT2D eigenvalue weighted by atomic mass is 32.2. The van der Waals surface area contributed by atoms with Gasteiger partial charge in [-0.3, -0.25) is 0 Å². The molecule has 0 radical (unpaired) electrons. The second kappa shape index (κ2) is 8.40. The van der Waals surface area contributed by atoms with E-state index in [1.807, 2.05) is 0 Å². The standard InChI is InChI=1S/C22H12F6N4O2S/c23-21(24,25)15-6-4-14(5-7-15)18-12-19(22(26,27)28)32-20(30-18)11-16(31-32)8-1-13-2-9-17(10-3-13)35(29,33)34/h2-7,9-12H,(H2,29,33,34). The van der Waals surface area contributed by atoms with Crippen LogP contribution in [0.1, 0.15) is 22.5 Å². The first kappa shape index (κ1) is 24.2. The van der Waals surface area contributed by atoms with Crippen LogP contribution in [0.3, 0.4) is 0 Å². The topological polar surface area (TPSA) is 90.4 Å². The van der Waals surface area contributed by atoms with E-state index < -0.39 is 33.6 Å². The first-order valence-electron chi connectivity index (χ1n) is 9.52. The molecule has 0 aliphatic rings. The SMILES string of the molecule is NS(=O)(=O)c1ccc(C#Cc2cc3nc(-c4ccc(C(F)(F)F)cc4)cc(C(F)(F)F)n3n2)cc1. The van der Waals surface area contributed by atoms with Gasteiger partial charge in [-0.2, -0.15) is 31.4 Å². The Morgan fingerprint density at radius 3 is 2.00 bits per heavy atom. The van der Waals surface area contributed by atoms with E-state index in [9.17, 15) is 34.8 Å². The fourth-order valence-electron chi connectivity index (χ4n) is 3.08. The molecule has 0 amide bonds. The molecule has 180 valence electrons. The number of benzene rings is 2. The smallest absolute Gasteiger partial charge is 0.228 e. The summed E-state index contributed by atoms with van der Waals surface area (Å²) in [6.07, 6.45) is -9.44. The molecular weight excluding hydrogens is 498 g/mol. The summed E-state index contributed by atoms with van der Waals surface area (Å²) >= 11 is 0. The van der Waals surface area contributed by atoms with E-state index >= 15 is 0 Å². The molecule has 2 aromatic carbocycles. The van der Waals surface area contributed by atoms with Gasteiger partial charge in [-0.05, 0) is 48.4 Å². The minimum Gasteiger partial charge on any atom is -0.228 e. The average Bonchev–Trinajstić information content (AvgIpc) is 3.18. The van der Waals surface area contributed by atoms with Crippen molar-refractivity contribution in [2.45, 2.75) is 17.2 Å². The largest absolute Gasteiger partial charge is 0.433 e. The summed E-state index contributed by atoms with van der Waals surface area (Å²) in [6, 6.07) is 10.6. The summed E-state index contributed by atoms with van der Waals surface area (Å²) in [7, 11) is -3.89. The van der Waals surface area contributed by atoms with Crippen molar-refractivity contribution in [3.8, 4) is 23.1 Å².